The molecule has 0 radical (unpaired) electrons. The highest BCUT2D eigenvalue weighted by molar-refractivity contribution is 7.87. The van der Waals surface area contributed by atoms with Gasteiger partial charge in [-0.05, 0) is 30.9 Å². The molecular formula is C13H20N2O3S2. The summed E-state index contributed by atoms with van der Waals surface area (Å²) in [6, 6.07) is 1.74. The van der Waals surface area contributed by atoms with Gasteiger partial charge >= 0.3 is 0 Å². The topological polar surface area (TPSA) is 69.6 Å². The highest BCUT2D eigenvalue weighted by atomic mass is 32.2. The summed E-state index contributed by atoms with van der Waals surface area (Å²) >= 11 is 1.47. The molecule has 0 saturated carbocycles. The van der Waals surface area contributed by atoms with E-state index in [1.165, 1.54) is 15.6 Å². The Balaban J connectivity index is 2.68. The molecule has 0 aromatic carbocycles. The van der Waals surface area contributed by atoms with E-state index in [1.54, 1.807) is 20.9 Å². The molecule has 0 unspecified atom stereocenters. The van der Waals surface area contributed by atoms with Crippen LogP contribution in [0, 0.1) is 11.8 Å². The van der Waals surface area contributed by atoms with E-state index >= 15 is 0 Å². The maximum atomic E-state index is 11.9. The minimum absolute atomic E-state index is 0.0487. The van der Waals surface area contributed by atoms with E-state index < -0.39 is 10.2 Å². The standard InChI is InChI=1S/C13H20N2O3S2/c1-11(2)14-20(17,18)15(3)9-12-8-13(19-10-12)6-4-5-7-16/h8,10-11,14,16H,5,7,9H2,1-3H3. The van der Waals surface area contributed by atoms with Gasteiger partial charge in [-0.1, -0.05) is 11.8 Å². The van der Waals surface area contributed by atoms with Crippen LogP contribution in [-0.2, 0) is 16.8 Å². The van der Waals surface area contributed by atoms with Crippen LogP contribution in [-0.4, -0.2) is 37.5 Å². The summed E-state index contributed by atoms with van der Waals surface area (Å²) in [6.07, 6.45) is 0.444. The Labute approximate surface area is 124 Å². The van der Waals surface area contributed by atoms with E-state index in [1.807, 2.05) is 11.4 Å². The molecule has 1 aromatic heterocycles. The molecule has 1 rings (SSSR count). The molecule has 5 nitrogen and oxygen atoms in total. The van der Waals surface area contributed by atoms with Crippen molar-refractivity contribution in [3.63, 3.8) is 0 Å². The molecule has 0 aliphatic heterocycles. The van der Waals surface area contributed by atoms with Gasteiger partial charge in [-0.25, -0.2) is 0 Å². The molecule has 0 fully saturated rings. The van der Waals surface area contributed by atoms with Gasteiger partial charge in [0.2, 0.25) is 0 Å². The summed E-state index contributed by atoms with van der Waals surface area (Å²) in [5.74, 6) is 5.78. The third-order valence-corrected chi connectivity index (χ3v) is 4.92. The lowest BCUT2D eigenvalue weighted by Crippen LogP contribution is -2.41. The number of rotatable bonds is 6. The first kappa shape index (κ1) is 17.1. The largest absolute Gasteiger partial charge is 0.395 e. The smallest absolute Gasteiger partial charge is 0.279 e. The van der Waals surface area contributed by atoms with Crippen LogP contribution in [0.3, 0.4) is 0 Å². The van der Waals surface area contributed by atoms with E-state index in [0.717, 1.165) is 10.4 Å². The Morgan fingerprint density at radius 3 is 2.80 bits per heavy atom. The number of aliphatic hydroxyl groups excluding tert-OH is 1. The molecule has 0 spiro atoms. The molecule has 0 aliphatic rings. The zero-order valence-corrected chi connectivity index (χ0v) is 13.5. The van der Waals surface area contributed by atoms with Crippen molar-refractivity contribution >= 4 is 21.5 Å². The average Bonchev–Trinajstić information content (AvgIpc) is 2.75. The van der Waals surface area contributed by atoms with Crippen molar-refractivity contribution in [2.24, 2.45) is 0 Å². The van der Waals surface area contributed by atoms with Crippen LogP contribution < -0.4 is 4.72 Å². The van der Waals surface area contributed by atoms with Crippen LogP contribution in [0.15, 0.2) is 11.4 Å². The SMILES string of the molecule is CC(C)NS(=O)(=O)N(C)Cc1csc(C#CCCO)c1. The lowest BCUT2D eigenvalue weighted by atomic mass is 10.3. The van der Waals surface area contributed by atoms with Crippen LogP contribution in [0.1, 0.15) is 30.7 Å². The van der Waals surface area contributed by atoms with Gasteiger partial charge in [0.25, 0.3) is 10.2 Å². The summed E-state index contributed by atoms with van der Waals surface area (Å²) in [7, 11) is -1.91. The molecule has 112 valence electrons. The Morgan fingerprint density at radius 1 is 1.50 bits per heavy atom. The summed E-state index contributed by atoms with van der Waals surface area (Å²) in [5, 5.41) is 10.5. The molecule has 7 heteroatoms. The van der Waals surface area contributed by atoms with E-state index in [0.29, 0.717) is 13.0 Å². The molecule has 0 atom stereocenters. The maximum Gasteiger partial charge on any atom is 0.279 e. The lowest BCUT2D eigenvalue weighted by Gasteiger charge is -2.18. The Bertz CT molecular complexity index is 582. The van der Waals surface area contributed by atoms with Crippen molar-refractivity contribution < 1.29 is 13.5 Å². The monoisotopic (exact) mass is 316 g/mol. The first-order valence-corrected chi connectivity index (χ1v) is 8.58. The van der Waals surface area contributed by atoms with Crippen molar-refractivity contribution in [2.45, 2.75) is 32.9 Å². The number of thiophene rings is 1. The van der Waals surface area contributed by atoms with Crippen LogP contribution >= 0.6 is 11.3 Å². The zero-order valence-electron chi connectivity index (χ0n) is 11.9. The van der Waals surface area contributed by atoms with E-state index in [-0.39, 0.29) is 12.6 Å². The molecular weight excluding hydrogens is 296 g/mol. The quantitative estimate of drug-likeness (QED) is 0.774. The van der Waals surface area contributed by atoms with Crippen LogP contribution in [0.2, 0.25) is 0 Å². The molecule has 1 aromatic rings. The van der Waals surface area contributed by atoms with Crippen LogP contribution in [0.25, 0.3) is 0 Å². The molecule has 1 heterocycles. The lowest BCUT2D eigenvalue weighted by molar-refractivity contribution is 0.305. The van der Waals surface area contributed by atoms with Gasteiger partial charge in [0, 0.05) is 26.1 Å². The fourth-order valence-electron chi connectivity index (χ4n) is 1.46. The van der Waals surface area contributed by atoms with Gasteiger partial charge in [-0.3, -0.25) is 0 Å². The van der Waals surface area contributed by atoms with E-state index in [4.69, 9.17) is 5.11 Å². The Kier molecular flexibility index (Phi) is 6.65. The summed E-state index contributed by atoms with van der Waals surface area (Å²) in [4.78, 5) is 0.871. The zero-order chi connectivity index (χ0) is 15.2. The van der Waals surface area contributed by atoms with Crippen LogP contribution in [0.4, 0.5) is 0 Å². The van der Waals surface area contributed by atoms with Gasteiger partial charge in [-0.15, -0.1) is 11.3 Å². The predicted molar refractivity (Wildman–Crippen MR) is 81.6 cm³/mol. The third kappa shape index (κ3) is 5.61. The van der Waals surface area contributed by atoms with Gasteiger partial charge < -0.3 is 5.11 Å². The van der Waals surface area contributed by atoms with Crippen molar-refractivity contribution in [1.82, 2.24) is 9.03 Å². The van der Waals surface area contributed by atoms with Crippen LogP contribution in [0.5, 0.6) is 0 Å². The maximum absolute atomic E-state index is 11.9. The fourth-order valence-corrected chi connectivity index (χ4v) is 3.33. The molecule has 2 N–H and O–H groups in total. The first-order valence-electron chi connectivity index (χ1n) is 6.26. The molecule has 0 bridgehead atoms. The van der Waals surface area contributed by atoms with Crippen molar-refractivity contribution in [1.29, 1.82) is 0 Å². The van der Waals surface area contributed by atoms with Crippen molar-refractivity contribution in [3.05, 3.63) is 21.9 Å². The number of aliphatic hydroxyl groups is 1. The number of hydrogen-bond acceptors (Lipinski definition) is 4. The Morgan fingerprint density at radius 2 is 2.20 bits per heavy atom. The highest BCUT2D eigenvalue weighted by Gasteiger charge is 2.18. The van der Waals surface area contributed by atoms with E-state index in [2.05, 4.69) is 16.6 Å². The minimum atomic E-state index is -3.45. The normalized spacial score (nSPS) is 11.7. The summed E-state index contributed by atoms with van der Waals surface area (Å²) in [5.41, 5.74) is 0.903. The highest BCUT2D eigenvalue weighted by Crippen LogP contribution is 2.16. The molecule has 0 saturated heterocycles. The van der Waals surface area contributed by atoms with Crippen molar-refractivity contribution in [2.75, 3.05) is 13.7 Å². The number of nitrogens with zero attached hydrogens (tertiary/aromatic N) is 1. The minimum Gasteiger partial charge on any atom is -0.395 e. The second-order valence-corrected chi connectivity index (χ2v) is 7.35. The number of nitrogens with one attached hydrogen (secondary N) is 1. The van der Waals surface area contributed by atoms with Gasteiger partial charge in [0.05, 0.1) is 11.5 Å². The molecule has 0 aliphatic carbocycles. The summed E-state index contributed by atoms with van der Waals surface area (Å²) < 4.78 is 27.7. The second-order valence-electron chi connectivity index (χ2n) is 4.63. The van der Waals surface area contributed by atoms with Gasteiger partial charge in [0.15, 0.2) is 0 Å². The molecule has 0 amide bonds. The predicted octanol–water partition coefficient (Wildman–Crippen LogP) is 1.16. The second kappa shape index (κ2) is 7.76. The third-order valence-electron chi connectivity index (χ3n) is 2.30. The fraction of sp³-hybridized carbons (Fsp3) is 0.538. The first-order chi connectivity index (χ1) is 9.35. The van der Waals surface area contributed by atoms with Gasteiger partial charge in [-0.2, -0.15) is 17.4 Å². The van der Waals surface area contributed by atoms with E-state index in [9.17, 15) is 8.42 Å². The van der Waals surface area contributed by atoms with Gasteiger partial charge in [0.1, 0.15) is 0 Å². The Hall–Kier alpha value is -0.910. The van der Waals surface area contributed by atoms with Crippen molar-refractivity contribution in [3.8, 4) is 11.8 Å². The number of hydrogen-bond donors (Lipinski definition) is 2. The summed E-state index contributed by atoms with van der Waals surface area (Å²) in [6.45, 7) is 3.92. The molecule has 20 heavy (non-hydrogen) atoms. The average molecular weight is 316 g/mol.